The van der Waals surface area contributed by atoms with Crippen LogP contribution in [0.1, 0.15) is 40.5 Å². The highest BCUT2D eigenvalue weighted by atomic mass is 19.1. The fourth-order valence-corrected chi connectivity index (χ4v) is 2.43. The van der Waals surface area contributed by atoms with Crippen LogP contribution < -0.4 is 5.32 Å². The minimum absolute atomic E-state index is 0.150. The van der Waals surface area contributed by atoms with Gasteiger partial charge < -0.3 is 5.32 Å². The SMILES string of the molecule is Cc1[nH]ncc1C(=O)N[C@@H](c1cc(F)ccc1F)C1CC1. The van der Waals surface area contributed by atoms with Gasteiger partial charge in [-0.1, -0.05) is 0 Å². The molecule has 1 heterocycles. The van der Waals surface area contributed by atoms with Crippen LogP contribution in [0.25, 0.3) is 0 Å². The summed E-state index contributed by atoms with van der Waals surface area (Å²) in [5.41, 5.74) is 1.26. The number of H-pyrrole nitrogens is 1. The number of nitrogens with zero attached hydrogens (tertiary/aromatic N) is 1. The number of carbonyl (C=O) groups excluding carboxylic acids is 1. The number of rotatable bonds is 4. The highest BCUT2D eigenvalue weighted by Gasteiger charge is 2.35. The summed E-state index contributed by atoms with van der Waals surface area (Å²) >= 11 is 0. The molecule has 1 amide bonds. The lowest BCUT2D eigenvalue weighted by atomic mass is 10.0. The normalized spacial score (nSPS) is 15.8. The van der Waals surface area contributed by atoms with Crippen molar-refractivity contribution < 1.29 is 13.6 Å². The van der Waals surface area contributed by atoms with E-state index in [-0.39, 0.29) is 17.4 Å². The number of halogens is 2. The van der Waals surface area contributed by atoms with Gasteiger partial charge in [-0.3, -0.25) is 9.89 Å². The highest BCUT2D eigenvalue weighted by Crippen LogP contribution is 2.42. The van der Waals surface area contributed by atoms with Crippen molar-refractivity contribution in [1.29, 1.82) is 0 Å². The number of benzene rings is 1. The summed E-state index contributed by atoms with van der Waals surface area (Å²) < 4.78 is 27.3. The summed E-state index contributed by atoms with van der Waals surface area (Å²) in [6.07, 6.45) is 3.22. The lowest BCUT2D eigenvalue weighted by Crippen LogP contribution is -2.30. The second-order valence-corrected chi connectivity index (χ2v) is 5.36. The molecule has 0 unspecified atom stereocenters. The molecule has 2 aromatic rings. The van der Waals surface area contributed by atoms with Gasteiger partial charge in [0.1, 0.15) is 11.6 Å². The van der Waals surface area contributed by atoms with Crippen LogP contribution in [0.5, 0.6) is 0 Å². The molecule has 0 saturated heterocycles. The van der Waals surface area contributed by atoms with E-state index in [0.29, 0.717) is 11.3 Å². The van der Waals surface area contributed by atoms with Gasteiger partial charge in [-0.15, -0.1) is 0 Å². The first kappa shape index (κ1) is 13.7. The summed E-state index contributed by atoms with van der Waals surface area (Å²) in [5.74, 6) is -1.19. The van der Waals surface area contributed by atoms with Crippen LogP contribution in [0.3, 0.4) is 0 Å². The lowest BCUT2D eigenvalue weighted by molar-refractivity contribution is 0.0930. The molecule has 110 valence electrons. The number of amides is 1. The smallest absolute Gasteiger partial charge is 0.255 e. The van der Waals surface area contributed by atoms with Crippen molar-refractivity contribution in [3.8, 4) is 0 Å². The zero-order valence-corrected chi connectivity index (χ0v) is 11.5. The number of aromatic nitrogens is 2. The summed E-state index contributed by atoms with van der Waals surface area (Å²) in [4.78, 5) is 12.3. The highest BCUT2D eigenvalue weighted by molar-refractivity contribution is 5.95. The molecule has 21 heavy (non-hydrogen) atoms. The second-order valence-electron chi connectivity index (χ2n) is 5.36. The molecule has 6 heteroatoms. The molecule has 4 nitrogen and oxygen atoms in total. The summed E-state index contributed by atoms with van der Waals surface area (Å²) in [5, 5.41) is 9.28. The monoisotopic (exact) mass is 291 g/mol. The number of carbonyl (C=O) groups is 1. The van der Waals surface area contributed by atoms with Gasteiger partial charge in [-0.25, -0.2) is 8.78 Å². The van der Waals surface area contributed by atoms with Crippen LogP contribution >= 0.6 is 0 Å². The molecule has 0 bridgehead atoms. The van der Waals surface area contributed by atoms with E-state index < -0.39 is 17.7 Å². The van der Waals surface area contributed by atoms with E-state index >= 15 is 0 Å². The predicted octanol–water partition coefficient (Wildman–Crippen LogP) is 2.88. The number of hydrogen-bond acceptors (Lipinski definition) is 2. The van der Waals surface area contributed by atoms with Crippen LogP contribution in [0.4, 0.5) is 8.78 Å². The third kappa shape index (κ3) is 2.79. The van der Waals surface area contributed by atoms with Crippen LogP contribution in [0.15, 0.2) is 24.4 Å². The average Bonchev–Trinajstić information content (AvgIpc) is 3.20. The number of aromatic amines is 1. The van der Waals surface area contributed by atoms with E-state index in [0.717, 1.165) is 31.0 Å². The fraction of sp³-hybridized carbons (Fsp3) is 0.333. The lowest BCUT2D eigenvalue weighted by Gasteiger charge is -2.19. The first-order valence-corrected chi connectivity index (χ1v) is 6.82. The van der Waals surface area contributed by atoms with Crippen molar-refractivity contribution in [1.82, 2.24) is 15.5 Å². The standard InChI is InChI=1S/C15H15F2N3O/c1-8-12(7-18-20-8)15(21)19-14(9-2-3-9)11-6-10(16)4-5-13(11)17/h4-7,9,14H,2-3H2,1H3,(H,18,20)(H,19,21)/t14-/m1/s1. The van der Waals surface area contributed by atoms with Crippen molar-refractivity contribution in [2.75, 3.05) is 0 Å². The Morgan fingerprint density at radius 2 is 2.19 bits per heavy atom. The van der Waals surface area contributed by atoms with Crippen LogP contribution in [0.2, 0.25) is 0 Å². The number of hydrogen-bond donors (Lipinski definition) is 2. The minimum Gasteiger partial charge on any atom is -0.345 e. The summed E-state index contributed by atoms with van der Waals surface area (Å²) in [6, 6.07) is 2.81. The van der Waals surface area contributed by atoms with Crippen LogP contribution in [-0.4, -0.2) is 16.1 Å². The molecule has 0 aliphatic heterocycles. The molecule has 2 N–H and O–H groups in total. The zero-order valence-electron chi connectivity index (χ0n) is 11.5. The average molecular weight is 291 g/mol. The van der Waals surface area contributed by atoms with Gasteiger partial charge in [-0.2, -0.15) is 5.10 Å². The van der Waals surface area contributed by atoms with Crippen molar-refractivity contribution in [3.63, 3.8) is 0 Å². The third-order valence-electron chi connectivity index (χ3n) is 3.75. The summed E-state index contributed by atoms with van der Waals surface area (Å²) in [6.45, 7) is 1.73. The minimum atomic E-state index is -0.512. The van der Waals surface area contributed by atoms with E-state index in [2.05, 4.69) is 15.5 Å². The molecular weight excluding hydrogens is 276 g/mol. The van der Waals surface area contributed by atoms with Crippen molar-refractivity contribution in [2.24, 2.45) is 5.92 Å². The van der Waals surface area contributed by atoms with Gasteiger partial charge in [0.15, 0.2) is 0 Å². The summed E-state index contributed by atoms with van der Waals surface area (Å²) in [7, 11) is 0. The van der Waals surface area contributed by atoms with Gasteiger partial charge >= 0.3 is 0 Å². The number of aryl methyl sites for hydroxylation is 1. The van der Waals surface area contributed by atoms with Crippen LogP contribution in [0, 0.1) is 24.5 Å². The molecule has 0 radical (unpaired) electrons. The van der Waals surface area contributed by atoms with Gasteiger partial charge in [0.2, 0.25) is 0 Å². The molecule has 1 fully saturated rings. The molecule has 1 saturated carbocycles. The first-order valence-electron chi connectivity index (χ1n) is 6.82. The van der Waals surface area contributed by atoms with Gasteiger partial charge in [0.25, 0.3) is 5.91 Å². The van der Waals surface area contributed by atoms with Crippen molar-refractivity contribution in [3.05, 3.63) is 52.9 Å². The van der Waals surface area contributed by atoms with Gasteiger partial charge in [0.05, 0.1) is 17.8 Å². The topological polar surface area (TPSA) is 57.8 Å². The van der Waals surface area contributed by atoms with E-state index in [4.69, 9.17) is 0 Å². The van der Waals surface area contributed by atoms with Crippen LogP contribution in [-0.2, 0) is 0 Å². The maximum atomic E-state index is 13.9. The van der Waals surface area contributed by atoms with Crippen molar-refractivity contribution in [2.45, 2.75) is 25.8 Å². The van der Waals surface area contributed by atoms with E-state index in [1.165, 1.54) is 6.20 Å². The Bertz CT molecular complexity index is 679. The Kier molecular flexibility index (Phi) is 3.45. The number of nitrogens with one attached hydrogen (secondary N) is 2. The Balaban J connectivity index is 1.87. The first-order chi connectivity index (χ1) is 10.1. The molecule has 1 aromatic carbocycles. The maximum Gasteiger partial charge on any atom is 0.255 e. The predicted molar refractivity (Wildman–Crippen MR) is 72.6 cm³/mol. The Labute approximate surface area is 120 Å². The zero-order chi connectivity index (χ0) is 15.0. The molecular formula is C15H15F2N3O. The largest absolute Gasteiger partial charge is 0.345 e. The Morgan fingerprint density at radius 1 is 1.43 bits per heavy atom. The van der Waals surface area contributed by atoms with E-state index in [1.54, 1.807) is 6.92 Å². The molecule has 3 rings (SSSR count). The quantitative estimate of drug-likeness (QED) is 0.910. The molecule has 0 spiro atoms. The van der Waals surface area contributed by atoms with E-state index in [9.17, 15) is 13.6 Å². The molecule has 1 aliphatic rings. The third-order valence-corrected chi connectivity index (χ3v) is 3.75. The molecule has 1 aliphatic carbocycles. The van der Waals surface area contributed by atoms with Gasteiger partial charge in [0, 0.05) is 11.3 Å². The van der Waals surface area contributed by atoms with Crippen molar-refractivity contribution >= 4 is 5.91 Å². The molecule has 1 aromatic heterocycles. The Morgan fingerprint density at radius 3 is 2.81 bits per heavy atom. The fourth-order valence-electron chi connectivity index (χ4n) is 2.43. The molecule has 1 atom stereocenters. The van der Waals surface area contributed by atoms with E-state index in [1.807, 2.05) is 0 Å². The Hall–Kier alpha value is -2.24. The van der Waals surface area contributed by atoms with Gasteiger partial charge in [-0.05, 0) is 43.9 Å². The second kappa shape index (κ2) is 5.27. The maximum absolute atomic E-state index is 13.9.